The standard InChI is InChI=1S/C17H24F2N2O2/c18-17(19,11-3-7-15(22)23)10-2-1-6-14-9-8-13-5-4-12-20-16(13)21-14/h8-9H,1-7,10-12H2,(H,20,21)(H,22,23). The second-order valence-electron chi connectivity index (χ2n) is 6.15. The van der Waals surface area contributed by atoms with Gasteiger partial charge in [-0.2, -0.15) is 0 Å². The van der Waals surface area contributed by atoms with E-state index < -0.39 is 11.9 Å². The highest BCUT2D eigenvalue weighted by Crippen LogP contribution is 2.28. The van der Waals surface area contributed by atoms with Gasteiger partial charge in [0, 0.05) is 31.5 Å². The predicted molar refractivity (Wildman–Crippen MR) is 85.0 cm³/mol. The third-order valence-corrected chi connectivity index (χ3v) is 4.11. The van der Waals surface area contributed by atoms with Gasteiger partial charge >= 0.3 is 5.97 Å². The van der Waals surface area contributed by atoms with Crippen LogP contribution in [-0.2, 0) is 17.6 Å². The number of anilines is 1. The number of hydrogen-bond acceptors (Lipinski definition) is 3. The fraction of sp³-hybridized carbons (Fsp3) is 0.647. The molecule has 0 aliphatic carbocycles. The number of carboxylic acids is 1. The number of halogens is 2. The van der Waals surface area contributed by atoms with Gasteiger partial charge in [-0.15, -0.1) is 0 Å². The van der Waals surface area contributed by atoms with Crippen LogP contribution in [-0.4, -0.2) is 28.5 Å². The highest BCUT2D eigenvalue weighted by atomic mass is 19.3. The van der Waals surface area contributed by atoms with Gasteiger partial charge in [0.15, 0.2) is 0 Å². The third-order valence-electron chi connectivity index (χ3n) is 4.11. The summed E-state index contributed by atoms with van der Waals surface area (Å²) in [5.41, 5.74) is 2.16. The Morgan fingerprint density at radius 1 is 1.26 bits per heavy atom. The minimum atomic E-state index is -2.76. The maximum Gasteiger partial charge on any atom is 0.303 e. The molecule has 0 saturated carbocycles. The number of aryl methyl sites for hydroxylation is 2. The molecule has 2 rings (SSSR count). The van der Waals surface area contributed by atoms with E-state index in [1.165, 1.54) is 5.56 Å². The maximum atomic E-state index is 13.6. The second kappa shape index (κ2) is 8.22. The fourth-order valence-corrected chi connectivity index (χ4v) is 2.82. The molecule has 2 heterocycles. The number of alkyl halides is 2. The molecule has 0 aromatic carbocycles. The van der Waals surface area contributed by atoms with Gasteiger partial charge in [0.2, 0.25) is 5.92 Å². The lowest BCUT2D eigenvalue weighted by molar-refractivity contribution is -0.137. The quantitative estimate of drug-likeness (QED) is 0.672. The molecule has 1 aromatic heterocycles. The summed E-state index contributed by atoms with van der Waals surface area (Å²) < 4.78 is 27.2. The van der Waals surface area contributed by atoms with Crippen molar-refractivity contribution in [3.05, 3.63) is 23.4 Å². The van der Waals surface area contributed by atoms with E-state index >= 15 is 0 Å². The molecular formula is C17H24F2N2O2. The molecule has 128 valence electrons. The number of nitrogens with one attached hydrogen (secondary N) is 1. The van der Waals surface area contributed by atoms with Gasteiger partial charge in [-0.3, -0.25) is 4.79 Å². The van der Waals surface area contributed by atoms with E-state index in [4.69, 9.17) is 5.11 Å². The molecule has 0 atom stereocenters. The SMILES string of the molecule is O=C(O)CCCC(F)(F)CCCCc1ccc2c(n1)NCCC2. The Bertz CT molecular complexity index is 535. The number of rotatable bonds is 9. The molecular weight excluding hydrogens is 302 g/mol. The first kappa shape index (κ1) is 17.6. The number of aromatic nitrogens is 1. The van der Waals surface area contributed by atoms with Gasteiger partial charge in [-0.05, 0) is 50.2 Å². The molecule has 0 amide bonds. The van der Waals surface area contributed by atoms with Crippen LogP contribution in [0.15, 0.2) is 12.1 Å². The lowest BCUT2D eigenvalue weighted by atomic mass is 10.0. The number of carbonyl (C=O) groups is 1. The van der Waals surface area contributed by atoms with Crippen LogP contribution in [0.3, 0.4) is 0 Å². The van der Waals surface area contributed by atoms with Gasteiger partial charge in [0.25, 0.3) is 0 Å². The van der Waals surface area contributed by atoms with Crippen LogP contribution >= 0.6 is 0 Å². The summed E-state index contributed by atoms with van der Waals surface area (Å²) in [5, 5.41) is 11.7. The molecule has 0 bridgehead atoms. The van der Waals surface area contributed by atoms with E-state index in [-0.39, 0.29) is 25.7 Å². The maximum absolute atomic E-state index is 13.6. The number of aliphatic carboxylic acids is 1. The zero-order valence-corrected chi connectivity index (χ0v) is 13.3. The van der Waals surface area contributed by atoms with E-state index in [1.807, 2.05) is 6.07 Å². The summed E-state index contributed by atoms with van der Waals surface area (Å²) in [6.45, 7) is 0.937. The van der Waals surface area contributed by atoms with Crippen LogP contribution in [0.25, 0.3) is 0 Å². The van der Waals surface area contributed by atoms with Gasteiger partial charge in [-0.1, -0.05) is 6.07 Å². The van der Waals surface area contributed by atoms with Crippen molar-refractivity contribution in [1.82, 2.24) is 4.98 Å². The molecule has 0 unspecified atom stereocenters. The summed E-state index contributed by atoms with van der Waals surface area (Å²) in [6, 6.07) is 4.06. The van der Waals surface area contributed by atoms with Crippen molar-refractivity contribution in [2.45, 2.75) is 63.7 Å². The summed E-state index contributed by atoms with van der Waals surface area (Å²) in [6.07, 6.45) is 3.24. The number of carboxylic acid groups (broad SMARTS) is 1. The molecule has 0 radical (unpaired) electrons. The Balaban J connectivity index is 1.69. The number of unbranched alkanes of at least 4 members (excludes halogenated alkanes) is 1. The molecule has 4 nitrogen and oxygen atoms in total. The molecule has 23 heavy (non-hydrogen) atoms. The number of nitrogens with zero attached hydrogens (tertiary/aromatic N) is 1. The Hall–Kier alpha value is -1.72. The normalized spacial score (nSPS) is 14.2. The highest BCUT2D eigenvalue weighted by Gasteiger charge is 2.27. The first-order valence-corrected chi connectivity index (χ1v) is 8.28. The molecule has 2 N–H and O–H groups in total. The summed E-state index contributed by atoms with van der Waals surface area (Å²) >= 11 is 0. The lowest BCUT2D eigenvalue weighted by Crippen LogP contribution is -2.16. The van der Waals surface area contributed by atoms with Crippen molar-refractivity contribution < 1.29 is 18.7 Å². The fourth-order valence-electron chi connectivity index (χ4n) is 2.82. The van der Waals surface area contributed by atoms with Crippen LogP contribution in [0.2, 0.25) is 0 Å². The smallest absolute Gasteiger partial charge is 0.303 e. The minimum Gasteiger partial charge on any atom is -0.481 e. The van der Waals surface area contributed by atoms with Gasteiger partial charge in [0.05, 0.1) is 0 Å². The molecule has 0 saturated heterocycles. The Morgan fingerprint density at radius 2 is 2.04 bits per heavy atom. The van der Waals surface area contributed by atoms with Crippen LogP contribution in [0.5, 0.6) is 0 Å². The number of fused-ring (bicyclic) bond motifs is 1. The first-order valence-electron chi connectivity index (χ1n) is 8.28. The van der Waals surface area contributed by atoms with Crippen LogP contribution in [0, 0.1) is 0 Å². The average molecular weight is 326 g/mol. The van der Waals surface area contributed by atoms with Crippen LogP contribution in [0.1, 0.15) is 56.2 Å². The van der Waals surface area contributed by atoms with Crippen molar-refractivity contribution >= 4 is 11.8 Å². The van der Waals surface area contributed by atoms with Gasteiger partial charge in [-0.25, -0.2) is 13.8 Å². The van der Waals surface area contributed by atoms with Crippen LogP contribution in [0.4, 0.5) is 14.6 Å². The molecule has 0 spiro atoms. The second-order valence-corrected chi connectivity index (χ2v) is 6.15. The molecule has 6 heteroatoms. The van der Waals surface area contributed by atoms with E-state index in [9.17, 15) is 13.6 Å². The highest BCUT2D eigenvalue weighted by molar-refractivity contribution is 5.66. The van der Waals surface area contributed by atoms with Gasteiger partial charge in [0.1, 0.15) is 5.82 Å². The van der Waals surface area contributed by atoms with Crippen molar-refractivity contribution in [3.63, 3.8) is 0 Å². The molecule has 1 aliphatic heterocycles. The zero-order valence-electron chi connectivity index (χ0n) is 13.3. The van der Waals surface area contributed by atoms with Crippen molar-refractivity contribution in [2.75, 3.05) is 11.9 Å². The topological polar surface area (TPSA) is 62.2 Å². The minimum absolute atomic E-state index is 0.0282. The number of hydrogen-bond donors (Lipinski definition) is 2. The Labute approximate surface area is 135 Å². The van der Waals surface area contributed by atoms with E-state index in [1.54, 1.807) is 0 Å². The van der Waals surface area contributed by atoms with Crippen molar-refractivity contribution in [2.24, 2.45) is 0 Å². The lowest BCUT2D eigenvalue weighted by Gasteiger charge is -2.18. The summed E-state index contributed by atoms with van der Waals surface area (Å²) in [5.74, 6) is -2.85. The van der Waals surface area contributed by atoms with Crippen molar-refractivity contribution in [3.8, 4) is 0 Å². The zero-order chi connectivity index (χ0) is 16.7. The average Bonchev–Trinajstić information content (AvgIpc) is 2.51. The third kappa shape index (κ3) is 6.12. The van der Waals surface area contributed by atoms with E-state index in [0.29, 0.717) is 19.3 Å². The number of pyridine rings is 1. The Kier molecular flexibility index (Phi) is 6.30. The van der Waals surface area contributed by atoms with Gasteiger partial charge < -0.3 is 10.4 Å². The molecule has 1 aliphatic rings. The first-order chi connectivity index (χ1) is 11.0. The molecule has 0 fully saturated rings. The molecule has 1 aromatic rings. The Morgan fingerprint density at radius 3 is 2.83 bits per heavy atom. The summed E-state index contributed by atoms with van der Waals surface area (Å²) in [7, 11) is 0. The van der Waals surface area contributed by atoms with Crippen molar-refractivity contribution in [1.29, 1.82) is 0 Å². The monoisotopic (exact) mass is 326 g/mol. The predicted octanol–water partition coefficient (Wildman–Crippen LogP) is 4.04. The van der Waals surface area contributed by atoms with Crippen LogP contribution < -0.4 is 5.32 Å². The van der Waals surface area contributed by atoms with E-state index in [0.717, 1.165) is 30.9 Å². The van der Waals surface area contributed by atoms with E-state index in [2.05, 4.69) is 16.4 Å². The largest absolute Gasteiger partial charge is 0.481 e. The summed E-state index contributed by atoms with van der Waals surface area (Å²) in [4.78, 5) is 14.9.